The second-order valence-corrected chi connectivity index (χ2v) is 5.59. The van der Waals surface area contributed by atoms with E-state index in [0.717, 1.165) is 6.54 Å². The minimum atomic E-state index is -0.327. The van der Waals surface area contributed by atoms with Gasteiger partial charge in [0.15, 0.2) is 0 Å². The first kappa shape index (κ1) is 14.3. The number of halogens is 1. The van der Waals surface area contributed by atoms with Crippen LogP contribution in [0.15, 0.2) is 11.1 Å². The zero-order valence-corrected chi connectivity index (χ0v) is 13.0. The first-order chi connectivity index (χ1) is 9.02. The molecule has 19 heavy (non-hydrogen) atoms. The van der Waals surface area contributed by atoms with Gasteiger partial charge < -0.3 is 20.1 Å². The van der Waals surface area contributed by atoms with Crippen molar-refractivity contribution in [3.63, 3.8) is 0 Å². The Labute approximate surface area is 124 Å². The van der Waals surface area contributed by atoms with Gasteiger partial charge in [-0.2, -0.15) is 0 Å². The standard InChI is InChI=1S/C11H16IN5O2/c1-16(2)11(19)7-5-13-3-4-17(7)9-8(12)10(18)15-6-14-9/h6-7,13H,3-5H2,1-2H3,(H,14,15,18). The van der Waals surface area contributed by atoms with Crippen LogP contribution in [0, 0.1) is 3.57 Å². The van der Waals surface area contributed by atoms with Gasteiger partial charge >= 0.3 is 0 Å². The number of aromatic amines is 1. The van der Waals surface area contributed by atoms with E-state index in [1.165, 1.54) is 6.33 Å². The minimum Gasteiger partial charge on any atom is -0.347 e. The Morgan fingerprint density at radius 2 is 2.32 bits per heavy atom. The molecule has 1 atom stereocenters. The molecule has 0 bridgehead atoms. The third kappa shape index (κ3) is 2.89. The molecule has 0 spiro atoms. The lowest BCUT2D eigenvalue weighted by molar-refractivity contribution is -0.130. The summed E-state index contributed by atoms with van der Waals surface area (Å²) in [6.45, 7) is 1.97. The molecule has 2 heterocycles. The highest BCUT2D eigenvalue weighted by atomic mass is 127. The summed E-state index contributed by atoms with van der Waals surface area (Å²) in [4.78, 5) is 34.1. The third-order valence-electron chi connectivity index (χ3n) is 3.02. The summed E-state index contributed by atoms with van der Waals surface area (Å²) >= 11 is 1.96. The normalized spacial score (nSPS) is 19.3. The van der Waals surface area contributed by atoms with Crippen molar-refractivity contribution in [2.45, 2.75) is 6.04 Å². The molecule has 0 aliphatic carbocycles. The number of nitrogens with zero attached hydrogens (tertiary/aromatic N) is 3. The molecule has 1 saturated heterocycles. The number of anilines is 1. The van der Waals surface area contributed by atoms with Gasteiger partial charge in [-0.15, -0.1) is 0 Å². The van der Waals surface area contributed by atoms with E-state index in [0.29, 0.717) is 22.5 Å². The van der Waals surface area contributed by atoms with Crippen molar-refractivity contribution in [2.75, 3.05) is 38.6 Å². The summed E-state index contributed by atoms with van der Waals surface area (Å²) in [6.07, 6.45) is 1.37. The largest absolute Gasteiger partial charge is 0.347 e. The van der Waals surface area contributed by atoms with Gasteiger partial charge in [0, 0.05) is 33.7 Å². The van der Waals surface area contributed by atoms with Crippen LogP contribution in [0.5, 0.6) is 0 Å². The van der Waals surface area contributed by atoms with Crippen LogP contribution in [0.2, 0.25) is 0 Å². The summed E-state index contributed by atoms with van der Waals surface area (Å²) in [5, 5.41) is 3.20. The molecule has 104 valence electrons. The van der Waals surface area contributed by atoms with Crippen molar-refractivity contribution in [3.8, 4) is 0 Å². The van der Waals surface area contributed by atoms with E-state index in [4.69, 9.17) is 0 Å². The fraction of sp³-hybridized carbons (Fsp3) is 0.545. The number of piperazine rings is 1. The van der Waals surface area contributed by atoms with Gasteiger partial charge in [-0.05, 0) is 22.6 Å². The van der Waals surface area contributed by atoms with Crippen LogP contribution in [-0.2, 0) is 4.79 Å². The molecule has 8 heteroatoms. The van der Waals surface area contributed by atoms with E-state index >= 15 is 0 Å². The number of hydrogen-bond acceptors (Lipinski definition) is 5. The second kappa shape index (κ2) is 5.87. The summed E-state index contributed by atoms with van der Waals surface area (Å²) in [5.74, 6) is 0.580. The molecule has 1 aromatic heterocycles. The Morgan fingerprint density at radius 1 is 1.58 bits per heavy atom. The van der Waals surface area contributed by atoms with Gasteiger partial charge in [0.1, 0.15) is 15.4 Å². The van der Waals surface area contributed by atoms with Gasteiger partial charge in [-0.3, -0.25) is 9.59 Å². The van der Waals surface area contributed by atoms with Crippen LogP contribution in [0.3, 0.4) is 0 Å². The van der Waals surface area contributed by atoms with Crippen LogP contribution < -0.4 is 15.8 Å². The molecule has 1 aromatic rings. The monoisotopic (exact) mass is 377 g/mol. The molecular weight excluding hydrogens is 361 g/mol. The van der Waals surface area contributed by atoms with Crippen LogP contribution >= 0.6 is 22.6 Å². The van der Waals surface area contributed by atoms with Gasteiger partial charge in [0.2, 0.25) is 5.91 Å². The summed E-state index contributed by atoms with van der Waals surface area (Å²) in [7, 11) is 3.45. The lowest BCUT2D eigenvalue weighted by Gasteiger charge is -2.37. The molecule has 1 fully saturated rings. The maximum absolute atomic E-state index is 12.2. The van der Waals surface area contributed by atoms with Crippen molar-refractivity contribution in [1.82, 2.24) is 20.2 Å². The highest BCUT2D eigenvalue weighted by Crippen LogP contribution is 2.20. The van der Waals surface area contributed by atoms with Crippen molar-refractivity contribution in [3.05, 3.63) is 20.3 Å². The topological polar surface area (TPSA) is 81.3 Å². The molecule has 2 rings (SSSR count). The number of H-pyrrole nitrogens is 1. The Hall–Kier alpha value is -1.16. The molecule has 0 aromatic carbocycles. The Morgan fingerprint density at radius 3 is 3.00 bits per heavy atom. The summed E-state index contributed by atoms with van der Waals surface area (Å²) < 4.78 is 0.513. The average Bonchev–Trinajstić information content (AvgIpc) is 2.41. The number of amides is 1. The van der Waals surface area contributed by atoms with Crippen LogP contribution in [0.4, 0.5) is 5.82 Å². The fourth-order valence-corrected chi connectivity index (χ4v) is 2.66. The third-order valence-corrected chi connectivity index (χ3v) is 3.99. The first-order valence-corrected chi connectivity index (χ1v) is 7.02. The zero-order valence-electron chi connectivity index (χ0n) is 10.8. The first-order valence-electron chi connectivity index (χ1n) is 5.94. The lowest BCUT2D eigenvalue weighted by Crippen LogP contribution is -2.58. The van der Waals surface area contributed by atoms with E-state index in [-0.39, 0.29) is 17.5 Å². The number of hydrogen-bond donors (Lipinski definition) is 2. The van der Waals surface area contributed by atoms with Gasteiger partial charge in [-0.1, -0.05) is 0 Å². The molecule has 1 aliphatic rings. The predicted octanol–water partition coefficient (Wildman–Crippen LogP) is -0.759. The maximum atomic E-state index is 12.2. The number of rotatable bonds is 2. The smallest absolute Gasteiger partial charge is 0.266 e. The molecule has 7 nitrogen and oxygen atoms in total. The number of carbonyl (C=O) groups is 1. The SMILES string of the molecule is CN(C)C(=O)C1CNCCN1c1nc[nH]c(=O)c1I. The van der Waals surface area contributed by atoms with Gasteiger partial charge in [-0.25, -0.2) is 4.98 Å². The Bertz CT molecular complexity index is 530. The predicted molar refractivity (Wildman–Crippen MR) is 80.3 cm³/mol. The molecule has 0 saturated carbocycles. The highest BCUT2D eigenvalue weighted by molar-refractivity contribution is 14.1. The lowest BCUT2D eigenvalue weighted by atomic mass is 10.1. The van der Waals surface area contributed by atoms with Gasteiger partial charge in [0.25, 0.3) is 5.56 Å². The highest BCUT2D eigenvalue weighted by Gasteiger charge is 2.32. The number of aromatic nitrogens is 2. The Balaban J connectivity index is 2.37. The molecule has 1 unspecified atom stereocenters. The summed E-state index contributed by atoms with van der Waals surface area (Å²) in [6, 6.07) is -0.327. The van der Waals surface area contributed by atoms with Crippen molar-refractivity contribution in [1.29, 1.82) is 0 Å². The molecule has 1 amide bonds. The average molecular weight is 377 g/mol. The zero-order chi connectivity index (χ0) is 14.0. The molecule has 0 radical (unpaired) electrons. The number of nitrogens with one attached hydrogen (secondary N) is 2. The van der Waals surface area contributed by atoms with E-state index in [2.05, 4.69) is 15.3 Å². The maximum Gasteiger partial charge on any atom is 0.266 e. The number of carbonyl (C=O) groups excluding carboxylic acids is 1. The van der Waals surface area contributed by atoms with Gasteiger partial charge in [0.05, 0.1) is 6.33 Å². The van der Waals surface area contributed by atoms with E-state index in [9.17, 15) is 9.59 Å². The van der Waals surface area contributed by atoms with Crippen molar-refractivity contribution < 1.29 is 4.79 Å². The van der Waals surface area contributed by atoms with E-state index in [1.54, 1.807) is 19.0 Å². The Kier molecular flexibility index (Phi) is 4.40. The molecule has 1 aliphatic heterocycles. The van der Waals surface area contributed by atoms with Crippen LogP contribution in [-0.4, -0.2) is 60.5 Å². The van der Waals surface area contributed by atoms with Crippen molar-refractivity contribution in [2.24, 2.45) is 0 Å². The molecule has 2 N–H and O–H groups in total. The quantitative estimate of drug-likeness (QED) is 0.663. The van der Waals surface area contributed by atoms with E-state index in [1.807, 2.05) is 27.5 Å². The van der Waals surface area contributed by atoms with Crippen LogP contribution in [0.1, 0.15) is 0 Å². The second-order valence-electron chi connectivity index (χ2n) is 4.52. The van der Waals surface area contributed by atoms with E-state index < -0.39 is 0 Å². The van der Waals surface area contributed by atoms with Crippen LogP contribution in [0.25, 0.3) is 0 Å². The number of likely N-dealkylation sites (N-methyl/N-ethyl adjacent to an activating group) is 1. The summed E-state index contributed by atoms with van der Waals surface area (Å²) in [5.41, 5.74) is -0.180. The minimum absolute atomic E-state index is 0.00471. The fourth-order valence-electron chi connectivity index (χ4n) is 2.05. The van der Waals surface area contributed by atoms with Crippen molar-refractivity contribution >= 4 is 34.3 Å². The molecular formula is C11H16IN5O2.